The molecule has 4 amide bonds. The van der Waals surface area contributed by atoms with Crippen LogP contribution in [0.5, 0.6) is 34.5 Å². The van der Waals surface area contributed by atoms with Crippen molar-refractivity contribution in [1.29, 1.82) is 0 Å². The molecule has 0 radical (unpaired) electrons. The van der Waals surface area contributed by atoms with Crippen molar-refractivity contribution in [3.05, 3.63) is 317 Å². The lowest BCUT2D eigenvalue weighted by molar-refractivity contribution is -0.140. The van der Waals surface area contributed by atoms with E-state index in [-0.39, 0.29) is 57.9 Å². The first-order valence-corrected chi connectivity index (χ1v) is 51.4. The predicted molar refractivity (Wildman–Crippen MR) is 589 cm³/mol. The highest BCUT2D eigenvalue weighted by Gasteiger charge is 2.35. The SMILES string of the molecule is CC(=O)N1C[C@@H](C)N(CCOc2ccc(-c3ccc(-c4cn(C)c(=O)c5c4C=CC5)cc3)cc2)[C@@H](C)C1.COc1cc(-c2ccc(OCCN3CCN(C)C(=O)[C@H]3C)cc2)ccc1-c1cn(C)c(=O)c2c1C=CC2.COc1cc(-c2ccc(OCCN3[C@H](C)CN(C(C)=O)C[C@@H]3C)cc2)ccc1-c1cn(C)c(=O)c2c1C=CC2.C[C@@H]1C(=O)N(C)CCN1CCOc1ccc(-c2ccc(-c3cn(C)c(=O)c4c3C=CC4)cc2)cc1. The van der Waals surface area contributed by atoms with Gasteiger partial charge in [0.15, 0.2) is 0 Å². The van der Waals surface area contributed by atoms with Gasteiger partial charge in [0.05, 0.1) is 26.3 Å². The Morgan fingerprint density at radius 3 is 0.818 bits per heavy atom. The van der Waals surface area contributed by atoms with Gasteiger partial charge in [-0.3, -0.25) is 58.0 Å². The Kier molecular flexibility index (Phi) is 32.7. The molecule has 8 aromatic carbocycles. The third kappa shape index (κ3) is 23.2. The van der Waals surface area contributed by atoms with E-state index >= 15 is 0 Å². The van der Waals surface area contributed by atoms with Gasteiger partial charge in [-0.25, -0.2) is 0 Å². The summed E-state index contributed by atoms with van der Waals surface area (Å²) in [6.45, 7) is 27.6. The van der Waals surface area contributed by atoms with Crippen LogP contribution in [0.25, 0.3) is 113 Å². The third-order valence-electron chi connectivity index (χ3n) is 30.3. The molecule has 26 nitrogen and oxygen atoms in total. The molecule has 4 aliphatic heterocycles. The molecule has 0 bridgehead atoms. The number of methoxy groups -OCH3 is 2. The maximum Gasteiger partial charge on any atom is 0.254 e. The Balaban J connectivity index is 0.000000135. The van der Waals surface area contributed by atoms with Crippen molar-refractivity contribution in [2.45, 2.75) is 117 Å². The lowest BCUT2D eigenvalue weighted by Crippen LogP contribution is -2.58. The van der Waals surface area contributed by atoms with Crippen molar-refractivity contribution < 1.29 is 47.6 Å². The van der Waals surface area contributed by atoms with Gasteiger partial charge in [-0.05, 0) is 218 Å². The van der Waals surface area contributed by atoms with E-state index in [1.165, 1.54) is 0 Å². The molecule has 4 aromatic heterocycles. The van der Waals surface area contributed by atoms with Crippen LogP contribution >= 0.6 is 0 Å². The second-order valence-corrected chi connectivity index (χ2v) is 40.0. The lowest BCUT2D eigenvalue weighted by Gasteiger charge is -2.44. The Morgan fingerprint density at radius 1 is 0.297 bits per heavy atom. The van der Waals surface area contributed by atoms with Crippen LogP contribution in [0.2, 0.25) is 0 Å². The maximum absolute atomic E-state index is 12.5. The molecule has 148 heavy (non-hydrogen) atoms. The molecular formula is C122H136N12O14. The number of amides is 4. The number of hydrogen-bond donors (Lipinski definition) is 0. The van der Waals surface area contributed by atoms with Gasteiger partial charge in [0.1, 0.15) is 60.9 Å². The molecular weight excluding hydrogens is 1860 g/mol. The molecule has 0 unspecified atom stereocenters. The fraction of sp³-hybridized carbons (Fsp3) is 0.344. The zero-order valence-electron chi connectivity index (χ0n) is 87.9. The number of fused-ring (bicyclic) bond motifs is 4. The average molecular weight is 1990 g/mol. The summed E-state index contributed by atoms with van der Waals surface area (Å²) in [5.41, 5.74) is 24.7. The average Bonchev–Trinajstić information content (AvgIpc) is 1.51. The Hall–Kier alpha value is -15.0. The Morgan fingerprint density at radius 2 is 0.541 bits per heavy atom. The van der Waals surface area contributed by atoms with Gasteiger partial charge < -0.3 is 66.3 Å². The molecule has 12 aromatic rings. The number of aryl methyl sites for hydroxylation is 4. The minimum atomic E-state index is -0.111. The number of benzene rings is 8. The van der Waals surface area contributed by atoms with Crippen molar-refractivity contribution in [3.8, 4) is 124 Å². The van der Waals surface area contributed by atoms with Crippen LogP contribution in [0, 0.1) is 0 Å². The molecule has 26 heteroatoms. The zero-order chi connectivity index (χ0) is 104. The van der Waals surface area contributed by atoms with E-state index in [1.54, 1.807) is 70.2 Å². The number of hydrogen-bond acceptors (Lipinski definition) is 18. The summed E-state index contributed by atoms with van der Waals surface area (Å²) in [4.78, 5) is 114. The highest BCUT2D eigenvalue weighted by Crippen LogP contribution is 2.43. The number of likely N-dealkylation sites (N-methyl/N-ethyl adjacent to an activating group) is 2. The van der Waals surface area contributed by atoms with Crippen LogP contribution in [0.3, 0.4) is 0 Å². The summed E-state index contributed by atoms with van der Waals surface area (Å²) in [5.74, 6) is 5.46. The number of pyridine rings is 4. The van der Waals surface area contributed by atoms with E-state index in [0.29, 0.717) is 82.8 Å². The molecule has 4 fully saturated rings. The van der Waals surface area contributed by atoms with Crippen LogP contribution in [-0.2, 0) is 73.1 Å². The lowest BCUT2D eigenvalue weighted by atomic mass is 9.96. The number of allylic oxidation sites excluding steroid dienone is 4. The van der Waals surface area contributed by atoms with Gasteiger partial charge >= 0.3 is 0 Å². The number of ether oxygens (including phenoxy) is 6. The summed E-state index contributed by atoms with van der Waals surface area (Å²) in [5, 5.41) is 0. The summed E-state index contributed by atoms with van der Waals surface area (Å²) >= 11 is 0. The predicted octanol–water partition coefficient (Wildman–Crippen LogP) is 16.9. The molecule has 4 saturated heterocycles. The summed E-state index contributed by atoms with van der Waals surface area (Å²) in [6.07, 6.45) is 26.7. The van der Waals surface area contributed by atoms with Gasteiger partial charge in [-0.2, -0.15) is 0 Å². The first-order valence-electron chi connectivity index (χ1n) is 51.4. The second-order valence-electron chi connectivity index (χ2n) is 40.0. The zero-order valence-corrected chi connectivity index (χ0v) is 87.9. The van der Waals surface area contributed by atoms with Crippen LogP contribution in [0.4, 0.5) is 0 Å². The fourth-order valence-corrected chi connectivity index (χ4v) is 21.6. The monoisotopic (exact) mass is 1990 g/mol. The summed E-state index contributed by atoms with van der Waals surface area (Å²) < 4.78 is 42.3. The molecule has 8 aliphatic rings. The number of carbonyl (C=O) groups excluding carboxylic acids is 4. The minimum absolute atomic E-state index is 0.0492. The van der Waals surface area contributed by atoms with Crippen LogP contribution in [-0.4, -0.2) is 251 Å². The van der Waals surface area contributed by atoms with Crippen molar-refractivity contribution >= 4 is 47.9 Å². The second kappa shape index (κ2) is 46.4. The van der Waals surface area contributed by atoms with Gasteiger partial charge in [0.25, 0.3) is 22.2 Å². The van der Waals surface area contributed by atoms with E-state index in [4.69, 9.17) is 28.4 Å². The van der Waals surface area contributed by atoms with Crippen molar-refractivity contribution in [2.75, 3.05) is 133 Å². The van der Waals surface area contributed by atoms with Crippen molar-refractivity contribution in [1.82, 2.24) is 57.5 Å². The smallest absolute Gasteiger partial charge is 0.254 e. The summed E-state index contributed by atoms with van der Waals surface area (Å²) in [6, 6.07) is 62.9. The molecule has 6 atom stereocenters. The molecule has 20 rings (SSSR count). The summed E-state index contributed by atoms with van der Waals surface area (Å²) in [7, 11) is 14.3. The van der Waals surface area contributed by atoms with E-state index in [9.17, 15) is 38.4 Å². The first kappa shape index (κ1) is 104. The van der Waals surface area contributed by atoms with Crippen LogP contribution in [0.15, 0.2) is 250 Å². The first-order chi connectivity index (χ1) is 71.4. The molecule has 0 spiro atoms. The minimum Gasteiger partial charge on any atom is -0.496 e. The number of rotatable bonds is 26. The van der Waals surface area contributed by atoms with Gasteiger partial charge in [-0.1, -0.05) is 158 Å². The molecule has 0 N–H and O–H groups in total. The van der Waals surface area contributed by atoms with E-state index in [1.807, 2.05) is 174 Å². The van der Waals surface area contributed by atoms with E-state index in [2.05, 4.69) is 181 Å². The largest absolute Gasteiger partial charge is 0.496 e. The maximum atomic E-state index is 12.5. The molecule has 8 heterocycles. The van der Waals surface area contributed by atoms with Crippen LogP contribution in [0.1, 0.15) is 99.9 Å². The van der Waals surface area contributed by atoms with Gasteiger partial charge in [0, 0.05) is 239 Å². The van der Waals surface area contributed by atoms with Crippen molar-refractivity contribution in [3.63, 3.8) is 0 Å². The normalized spacial score (nSPS) is 18.2. The number of piperazine rings is 4. The van der Waals surface area contributed by atoms with E-state index < -0.39 is 0 Å². The Labute approximate surface area is 867 Å². The van der Waals surface area contributed by atoms with E-state index in [0.717, 1.165) is 240 Å². The van der Waals surface area contributed by atoms with Gasteiger partial charge in [0.2, 0.25) is 23.6 Å². The quantitative estimate of drug-likeness (QED) is 0.0490. The molecule has 0 saturated carbocycles. The van der Waals surface area contributed by atoms with Crippen LogP contribution < -0.4 is 50.7 Å². The number of nitrogens with zero attached hydrogens (tertiary/aromatic N) is 12. The highest BCUT2D eigenvalue weighted by molar-refractivity contribution is 5.88. The number of aromatic nitrogens is 4. The fourth-order valence-electron chi connectivity index (χ4n) is 21.6. The third-order valence-corrected chi connectivity index (χ3v) is 30.3. The standard InChI is InChI=1S/C32H37N3O4.C31H35N3O3.C30H33N3O4.C29H31N3O3/c1-21-18-34(23(3)36)19-22(2)35(21)15-16-39-26-12-9-24(10-13-26)25-11-14-28(31(17-25)38-5)30-20-33(4)32(37)29-8-6-7-27(29)30;1-21-18-33(23(3)35)19-22(2)34(21)16-17-37-27-14-12-25(13-15-27)24-8-10-26(11-9-24)30-20-32(4)31(36)29-7-5-6-28(29)30;1-20-29(34)31(2)14-15-33(20)16-17-37-23-11-8-21(9-12-23)22-10-13-25(28(18-22)36-4)27-19-32(3)30(35)26-7-5-6-24(26)27;1-20-28(33)30(2)15-16-32(20)17-18-35-24-13-11-22(12-14-24)21-7-9-23(10-8-21)27-19-31(3)29(34)26-6-4-5-25(26)27/h6-7,9-14,17,20-22H,8,15-16,18-19H2,1-5H3;5-6,8-15,20-22H,7,16-19H2,1-4H3;5-6,8-13,18-20H,7,14-17H2,1-4H3;4-5,7-14,19-20H,6,15-18H2,1-3H3/t2*21-,22+;2*20-/m..11/s1. The molecule has 768 valence electrons. The topological polar surface area (TPSA) is 238 Å². The highest BCUT2D eigenvalue weighted by atomic mass is 16.5. The van der Waals surface area contributed by atoms with Gasteiger partial charge in [-0.15, -0.1) is 0 Å². The number of carbonyl (C=O) groups is 4. The molecule has 4 aliphatic carbocycles. The Bertz CT molecular complexity index is 7260. The van der Waals surface area contributed by atoms with Crippen molar-refractivity contribution in [2.24, 2.45) is 28.2 Å².